The lowest BCUT2D eigenvalue weighted by Crippen LogP contribution is -2.11. The van der Waals surface area contributed by atoms with E-state index in [9.17, 15) is 4.79 Å². The summed E-state index contributed by atoms with van der Waals surface area (Å²) in [6, 6.07) is 5.35. The number of thioether (sulfide) groups is 1. The SMILES string of the molecule is O=C(CSCC1CCCO1)c1ccc2c(c1)OCO2. The molecule has 3 rings (SSSR count). The fraction of sp³-hybridized carbons (Fsp3) is 0.500. The highest BCUT2D eigenvalue weighted by Gasteiger charge is 2.18. The monoisotopic (exact) mass is 280 g/mol. The second-order valence-corrected chi connectivity index (χ2v) is 5.67. The zero-order valence-electron chi connectivity index (χ0n) is 10.6. The number of ether oxygens (including phenoxy) is 3. The Morgan fingerprint density at radius 3 is 3.05 bits per heavy atom. The molecule has 1 aromatic carbocycles. The van der Waals surface area contributed by atoms with Gasteiger partial charge in [-0.05, 0) is 31.0 Å². The molecule has 2 aliphatic heterocycles. The molecular formula is C14H16O4S. The molecule has 4 nitrogen and oxygen atoms in total. The highest BCUT2D eigenvalue weighted by molar-refractivity contribution is 8.00. The Bertz CT molecular complexity index is 469. The van der Waals surface area contributed by atoms with Crippen LogP contribution in [-0.4, -0.2) is 36.8 Å². The van der Waals surface area contributed by atoms with E-state index >= 15 is 0 Å². The van der Waals surface area contributed by atoms with Gasteiger partial charge in [0, 0.05) is 17.9 Å². The van der Waals surface area contributed by atoms with Gasteiger partial charge in [-0.15, -0.1) is 0 Å². The fourth-order valence-electron chi connectivity index (χ4n) is 2.21. The van der Waals surface area contributed by atoms with Crippen LogP contribution in [0.3, 0.4) is 0 Å². The van der Waals surface area contributed by atoms with Crippen LogP contribution < -0.4 is 9.47 Å². The number of Topliss-reactive ketones (excluding diaryl/α,β-unsaturated/α-hetero) is 1. The molecular weight excluding hydrogens is 264 g/mol. The molecule has 1 saturated heterocycles. The molecule has 0 amide bonds. The fourth-order valence-corrected chi connectivity index (χ4v) is 3.21. The Morgan fingerprint density at radius 2 is 2.21 bits per heavy atom. The zero-order valence-corrected chi connectivity index (χ0v) is 11.4. The van der Waals surface area contributed by atoms with Crippen molar-refractivity contribution in [3.05, 3.63) is 23.8 Å². The minimum absolute atomic E-state index is 0.126. The Morgan fingerprint density at radius 1 is 1.32 bits per heavy atom. The van der Waals surface area contributed by atoms with Crippen LogP contribution in [0.5, 0.6) is 11.5 Å². The molecule has 0 aromatic heterocycles. The van der Waals surface area contributed by atoms with E-state index in [1.807, 2.05) is 0 Å². The maximum atomic E-state index is 12.1. The third-order valence-electron chi connectivity index (χ3n) is 3.26. The molecule has 5 heteroatoms. The van der Waals surface area contributed by atoms with Crippen LogP contribution >= 0.6 is 11.8 Å². The molecule has 0 N–H and O–H groups in total. The van der Waals surface area contributed by atoms with Gasteiger partial charge in [0.1, 0.15) is 0 Å². The van der Waals surface area contributed by atoms with Crippen LogP contribution in [0.4, 0.5) is 0 Å². The van der Waals surface area contributed by atoms with E-state index in [0.717, 1.165) is 25.2 Å². The van der Waals surface area contributed by atoms with Gasteiger partial charge < -0.3 is 14.2 Å². The van der Waals surface area contributed by atoms with Gasteiger partial charge in [0.15, 0.2) is 17.3 Å². The van der Waals surface area contributed by atoms with E-state index in [-0.39, 0.29) is 12.6 Å². The van der Waals surface area contributed by atoms with E-state index in [1.165, 1.54) is 0 Å². The lowest BCUT2D eigenvalue weighted by atomic mass is 10.1. The Balaban J connectivity index is 1.52. The number of ketones is 1. The third-order valence-corrected chi connectivity index (χ3v) is 4.33. The van der Waals surface area contributed by atoms with Gasteiger partial charge in [0.25, 0.3) is 0 Å². The molecule has 1 unspecified atom stereocenters. The number of fused-ring (bicyclic) bond motifs is 1. The van der Waals surface area contributed by atoms with Crippen LogP contribution in [0.1, 0.15) is 23.2 Å². The molecule has 2 aliphatic rings. The van der Waals surface area contributed by atoms with Crippen LogP contribution in [0.2, 0.25) is 0 Å². The average molecular weight is 280 g/mol. The van der Waals surface area contributed by atoms with Crippen LogP contribution in [0.15, 0.2) is 18.2 Å². The molecule has 0 saturated carbocycles. The minimum atomic E-state index is 0.126. The first-order chi connectivity index (χ1) is 9.33. The molecule has 0 radical (unpaired) electrons. The van der Waals surface area contributed by atoms with Crippen molar-refractivity contribution in [1.82, 2.24) is 0 Å². The number of carbonyl (C=O) groups is 1. The second-order valence-electron chi connectivity index (χ2n) is 4.64. The van der Waals surface area contributed by atoms with Crippen LogP contribution in [-0.2, 0) is 4.74 Å². The number of benzene rings is 1. The summed E-state index contributed by atoms with van der Waals surface area (Å²) < 4.78 is 16.0. The summed E-state index contributed by atoms with van der Waals surface area (Å²) in [4.78, 5) is 12.1. The van der Waals surface area contributed by atoms with Crippen molar-refractivity contribution in [1.29, 1.82) is 0 Å². The van der Waals surface area contributed by atoms with Crippen molar-refractivity contribution >= 4 is 17.5 Å². The van der Waals surface area contributed by atoms with Gasteiger partial charge >= 0.3 is 0 Å². The van der Waals surface area contributed by atoms with E-state index in [2.05, 4.69) is 0 Å². The van der Waals surface area contributed by atoms with Gasteiger partial charge in [-0.2, -0.15) is 11.8 Å². The summed E-state index contributed by atoms with van der Waals surface area (Å²) in [5.74, 6) is 2.88. The first-order valence-electron chi connectivity index (χ1n) is 6.45. The first kappa shape index (κ1) is 12.8. The lowest BCUT2D eigenvalue weighted by Gasteiger charge is -2.08. The van der Waals surface area contributed by atoms with Crippen LogP contribution in [0, 0.1) is 0 Å². The van der Waals surface area contributed by atoms with Gasteiger partial charge in [-0.3, -0.25) is 4.79 Å². The molecule has 2 heterocycles. The second kappa shape index (κ2) is 5.84. The molecule has 1 atom stereocenters. The van der Waals surface area contributed by atoms with Gasteiger partial charge in [0.05, 0.1) is 11.9 Å². The van der Waals surface area contributed by atoms with E-state index < -0.39 is 0 Å². The van der Waals surface area contributed by atoms with Crippen molar-refractivity contribution in [2.24, 2.45) is 0 Å². The molecule has 0 bridgehead atoms. The summed E-state index contributed by atoms with van der Waals surface area (Å²) >= 11 is 1.64. The largest absolute Gasteiger partial charge is 0.454 e. The topological polar surface area (TPSA) is 44.8 Å². The number of hydrogen-bond acceptors (Lipinski definition) is 5. The predicted molar refractivity (Wildman–Crippen MR) is 73.2 cm³/mol. The van der Waals surface area contributed by atoms with E-state index in [0.29, 0.717) is 28.9 Å². The molecule has 0 aliphatic carbocycles. The highest BCUT2D eigenvalue weighted by Crippen LogP contribution is 2.32. The smallest absolute Gasteiger partial charge is 0.231 e. The average Bonchev–Trinajstić information content (AvgIpc) is 3.08. The van der Waals surface area contributed by atoms with Crippen molar-refractivity contribution < 1.29 is 19.0 Å². The number of carbonyl (C=O) groups excluding carboxylic acids is 1. The summed E-state index contributed by atoms with van der Waals surface area (Å²) in [7, 11) is 0. The van der Waals surface area contributed by atoms with Crippen molar-refractivity contribution in [3.63, 3.8) is 0 Å². The lowest BCUT2D eigenvalue weighted by molar-refractivity contribution is 0.102. The summed E-state index contributed by atoms with van der Waals surface area (Å²) in [6.07, 6.45) is 2.58. The van der Waals surface area contributed by atoms with Gasteiger partial charge in [0.2, 0.25) is 6.79 Å². The normalized spacial score (nSPS) is 20.7. The van der Waals surface area contributed by atoms with Crippen molar-refractivity contribution in [2.45, 2.75) is 18.9 Å². The standard InChI is InChI=1S/C14H16O4S/c15-12(8-19-7-11-2-1-5-16-11)10-3-4-13-14(6-10)18-9-17-13/h3-4,6,11H,1-2,5,7-9H2. The number of hydrogen-bond donors (Lipinski definition) is 0. The third kappa shape index (κ3) is 3.04. The van der Waals surface area contributed by atoms with E-state index in [4.69, 9.17) is 14.2 Å². The van der Waals surface area contributed by atoms with Crippen molar-refractivity contribution in [3.8, 4) is 11.5 Å². The Kier molecular flexibility index (Phi) is 3.94. The van der Waals surface area contributed by atoms with Crippen molar-refractivity contribution in [2.75, 3.05) is 24.9 Å². The molecule has 1 aromatic rings. The molecule has 102 valence electrons. The Labute approximate surface area is 116 Å². The van der Waals surface area contributed by atoms with Gasteiger partial charge in [-0.1, -0.05) is 0 Å². The minimum Gasteiger partial charge on any atom is -0.454 e. The Hall–Kier alpha value is -1.20. The summed E-state index contributed by atoms with van der Waals surface area (Å²) in [5, 5.41) is 0. The number of rotatable bonds is 5. The first-order valence-corrected chi connectivity index (χ1v) is 7.60. The predicted octanol–water partition coefficient (Wildman–Crippen LogP) is 2.51. The van der Waals surface area contributed by atoms with Crippen LogP contribution in [0.25, 0.3) is 0 Å². The summed E-state index contributed by atoms with van der Waals surface area (Å²) in [6.45, 7) is 1.10. The molecule has 0 spiro atoms. The molecule has 1 fully saturated rings. The highest BCUT2D eigenvalue weighted by atomic mass is 32.2. The maximum Gasteiger partial charge on any atom is 0.231 e. The van der Waals surface area contributed by atoms with Gasteiger partial charge in [-0.25, -0.2) is 0 Å². The zero-order chi connectivity index (χ0) is 13.1. The summed E-state index contributed by atoms with van der Waals surface area (Å²) in [5.41, 5.74) is 0.684. The quantitative estimate of drug-likeness (QED) is 0.775. The molecule has 19 heavy (non-hydrogen) atoms. The maximum absolute atomic E-state index is 12.1. The van der Waals surface area contributed by atoms with E-state index in [1.54, 1.807) is 30.0 Å².